The second kappa shape index (κ2) is 11.8. The van der Waals surface area contributed by atoms with Gasteiger partial charge in [0.25, 0.3) is 0 Å². The van der Waals surface area contributed by atoms with Crippen LogP contribution >= 0.6 is 0 Å². The molecule has 9 rings (SSSR count). The Labute approximate surface area is 292 Å². The van der Waals surface area contributed by atoms with Gasteiger partial charge in [-0.3, -0.25) is 0 Å². The molecule has 50 heavy (non-hydrogen) atoms. The van der Waals surface area contributed by atoms with Gasteiger partial charge in [-0.25, -0.2) is 0 Å². The second-order valence-electron chi connectivity index (χ2n) is 14.2. The molecule has 0 aliphatic carbocycles. The van der Waals surface area contributed by atoms with Crippen LogP contribution in [0.25, 0.3) is 65.7 Å². The Morgan fingerprint density at radius 3 is 1.76 bits per heavy atom. The SMILES string of the molecule is CC(C)(C)c1ccc(-c2ccc(N(c3ccc4c(c3)oc3ccccc34)c3ccc4ccccc4c3-c3cccc4ccccc34)cc2)cc1. The molecule has 240 valence electrons. The van der Waals surface area contributed by atoms with Crippen LogP contribution in [-0.4, -0.2) is 0 Å². The number of benzene rings is 8. The molecule has 2 heteroatoms. The highest BCUT2D eigenvalue weighted by molar-refractivity contribution is 6.12. The van der Waals surface area contributed by atoms with Gasteiger partial charge in [-0.05, 0) is 85.6 Å². The average Bonchev–Trinajstić information content (AvgIpc) is 3.53. The van der Waals surface area contributed by atoms with E-state index >= 15 is 0 Å². The van der Waals surface area contributed by atoms with Crippen LogP contribution in [0.15, 0.2) is 174 Å². The maximum Gasteiger partial charge on any atom is 0.137 e. The van der Waals surface area contributed by atoms with E-state index in [-0.39, 0.29) is 5.41 Å². The van der Waals surface area contributed by atoms with Crippen molar-refractivity contribution in [2.24, 2.45) is 0 Å². The number of anilines is 3. The first kappa shape index (κ1) is 30.0. The van der Waals surface area contributed by atoms with Gasteiger partial charge in [0, 0.05) is 33.8 Å². The van der Waals surface area contributed by atoms with E-state index in [0.717, 1.165) is 39.0 Å². The van der Waals surface area contributed by atoms with E-state index in [9.17, 15) is 0 Å². The van der Waals surface area contributed by atoms with Gasteiger partial charge in [-0.15, -0.1) is 0 Å². The van der Waals surface area contributed by atoms with Crippen LogP contribution in [0.5, 0.6) is 0 Å². The molecule has 0 N–H and O–H groups in total. The van der Waals surface area contributed by atoms with Gasteiger partial charge in [0.1, 0.15) is 11.2 Å². The van der Waals surface area contributed by atoms with Crippen LogP contribution in [-0.2, 0) is 5.41 Å². The number of fused-ring (bicyclic) bond motifs is 5. The highest BCUT2D eigenvalue weighted by Gasteiger charge is 2.22. The van der Waals surface area contributed by atoms with E-state index in [1.165, 1.54) is 49.4 Å². The van der Waals surface area contributed by atoms with Crippen molar-refractivity contribution in [2.45, 2.75) is 26.2 Å². The standard InChI is InChI=1S/C48H37NO/c1-48(2,3)36-24-19-32(20-25-36)33-21-26-37(27-22-33)49(38-28-29-42-41-16-8-9-18-45(41)50-46(42)31-38)44-30-23-35-12-5-7-15-40(35)47(44)43-17-10-13-34-11-4-6-14-39(34)43/h4-31H,1-3H3. The van der Waals surface area contributed by atoms with Crippen molar-refractivity contribution < 1.29 is 4.42 Å². The van der Waals surface area contributed by atoms with Gasteiger partial charge >= 0.3 is 0 Å². The molecule has 0 aliphatic rings. The minimum atomic E-state index is 0.117. The summed E-state index contributed by atoms with van der Waals surface area (Å²) in [6.45, 7) is 6.77. The summed E-state index contributed by atoms with van der Waals surface area (Å²) in [5, 5.41) is 7.12. The highest BCUT2D eigenvalue weighted by Crippen LogP contribution is 2.47. The predicted octanol–water partition coefficient (Wildman–Crippen LogP) is 14.0. The smallest absolute Gasteiger partial charge is 0.137 e. The molecule has 0 atom stereocenters. The van der Waals surface area contributed by atoms with Crippen molar-refractivity contribution >= 4 is 60.5 Å². The van der Waals surface area contributed by atoms with Crippen LogP contribution in [0.2, 0.25) is 0 Å². The summed E-state index contributed by atoms with van der Waals surface area (Å²) in [5.41, 5.74) is 11.3. The lowest BCUT2D eigenvalue weighted by Crippen LogP contribution is -2.11. The third-order valence-electron chi connectivity index (χ3n) is 10.0. The Kier molecular flexibility index (Phi) is 7.07. The molecule has 0 bridgehead atoms. The molecule has 8 aromatic carbocycles. The molecule has 0 saturated carbocycles. The number of hydrogen-bond acceptors (Lipinski definition) is 2. The number of para-hydroxylation sites is 1. The monoisotopic (exact) mass is 643 g/mol. The topological polar surface area (TPSA) is 16.4 Å². The van der Waals surface area contributed by atoms with Crippen molar-refractivity contribution in [1.29, 1.82) is 0 Å². The summed E-state index contributed by atoms with van der Waals surface area (Å²) in [7, 11) is 0. The predicted molar refractivity (Wildman–Crippen MR) is 213 cm³/mol. The third kappa shape index (κ3) is 5.12. The van der Waals surface area contributed by atoms with Gasteiger partial charge < -0.3 is 9.32 Å². The van der Waals surface area contributed by atoms with Crippen molar-refractivity contribution in [2.75, 3.05) is 4.90 Å². The normalized spacial score (nSPS) is 11.9. The molecule has 0 fully saturated rings. The molecule has 0 amide bonds. The van der Waals surface area contributed by atoms with Gasteiger partial charge in [-0.1, -0.05) is 148 Å². The zero-order valence-electron chi connectivity index (χ0n) is 28.5. The fourth-order valence-corrected chi connectivity index (χ4v) is 7.42. The number of hydrogen-bond donors (Lipinski definition) is 0. The van der Waals surface area contributed by atoms with E-state index in [4.69, 9.17) is 4.42 Å². The lowest BCUT2D eigenvalue weighted by Gasteiger charge is -2.29. The minimum Gasteiger partial charge on any atom is -0.456 e. The molecule has 0 spiro atoms. The van der Waals surface area contributed by atoms with Crippen LogP contribution in [0.4, 0.5) is 17.1 Å². The Morgan fingerprint density at radius 2 is 1.02 bits per heavy atom. The van der Waals surface area contributed by atoms with E-state index in [2.05, 4.69) is 183 Å². The highest BCUT2D eigenvalue weighted by atomic mass is 16.3. The molecular weight excluding hydrogens is 607 g/mol. The molecule has 0 unspecified atom stereocenters. The van der Waals surface area contributed by atoms with Crippen LogP contribution in [0.1, 0.15) is 26.3 Å². The van der Waals surface area contributed by atoms with E-state index in [1.54, 1.807) is 0 Å². The molecule has 0 radical (unpaired) electrons. The van der Waals surface area contributed by atoms with Crippen molar-refractivity contribution in [3.63, 3.8) is 0 Å². The molecule has 9 aromatic rings. The second-order valence-corrected chi connectivity index (χ2v) is 14.2. The van der Waals surface area contributed by atoms with Gasteiger partial charge in [0.05, 0.1) is 5.69 Å². The number of nitrogens with zero attached hydrogens (tertiary/aromatic N) is 1. The zero-order valence-corrected chi connectivity index (χ0v) is 28.5. The summed E-state index contributed by atoms with van der Waals surface area (Å²) >= 11 is 0. The summed E-state index contributed by atoms with van der Waals surface area (Å²) in [6.07, 6.45) is 0. The Bertz CT molecular complexity index is 2670. The first-order chi connectivity index (χ1) is 24.4. The lowest BCUT2D eigenvalue weighted by atomic mass is 9.86. The van der Waals surface area contributed by atoms with E-state index in [1.807, 2.05) is 12.1 Å². The maximum absolute atomic E-state index is 6.44. The summed E-state index contributed by atoms with van der Waals surface area (Å²) < 4.78 is 6.44. The molecule has 2 nitrogen and oxygen atoms in total. The first-order valence-corrected chi connectivity index (χ1v) is 17.3. The first-order valence-electron chi connectivity index (χ1n) is 17.3. The van der Waals surface area contributed by atoms with Gasteiger partial charge in [-0.2, -0.15) is 0 Å². The van der Waals surface area contributed by atoms with Crippen LogP contribution < -0.4 is 4.90 Å². The fraction of sp³-hybridized carbons (Fsp3) is 0.0833. The Morgan fingerprint density at radius 1 is 0.440 bits per heavy atom. The lowest BCUT2D eigenvalue weighted by molar-refractivity contribution is 0.590. The maximum atomic E-state index is 6.44. The average molecular weight is 644 g/mol. The molecule has 1 aromatic heterocycles. The van der Waals surface area contributed by atoms with E-state index in [0.29, 0.717) is 0 Å². The van der Waals surface area contributed by atoms with Crippen molar-refractivity contribution in [3.8, 4) is 22.3 Å². The summed E-state index contributed by atoms with van der Waals surface area (Å²) in [6, 6.07) is 61.4. The third-order valence-corrected chi connectivity index (χ3v) is 10.0. The molecule has 1 heterocycles. The summed E-state index contributed by atoms with van der Waals surface area (Å²) in [5.74, 6) is 0. The quantitative estimate of drug-likeness (QED) is 0.186. The van der Waals surface area contributed by atoms with Gasteiger partial charge in [0.2, 0.25) is 0 Å². The molecule has 0 saturated heterocycles. The number of rotatable bonds is 5. The summed E-state index contributed by atoms with van der Waals surface area (Å²) in [4.78, 5) is 2.39. The van der Waals surface area contributed by atoms with Crippen molar-refractivity contribution in [3.05, 3.63) is 175 Å². The van der Waals surface area contributed by atoms with Crippen LogP contribution in [0.3, 0.4) is 0 Å². The Balaban J connectivity index is 1.28. The van der Waals surface area contributed by atoms with Crippen LogP contribution in [0, 0.1) is 0 Å². The van der Waals surface area contributed by atoms with Gasteiger partial charge in [0.15, 0.2) is 0 Å². The fourth-order valence-electron chi connectivity index (χ4n) is 7.42. The minimum absolute atomic E-state index is 0.117. The largest absolute Gasteiger partial charge is 0.456 e. The number of furan rings is 1. The Hall–Kier alpha value is -6.12. The molecule has 0 aliphatic heterocycles. The van der Waals surface area contributed by atoms with E-state index < -0.39 is 0 Å². The van der Waals surface area contributed by atoms with Crippen molar-refractivity contribution in [1.82, 2.24) is 0 Å². The molecular formula is C48H37NO. The zero-order chi connectivity index (χ0) is 33.8.